The molecule has 0 amide bonds. The maximum Gasteiger partial charge on any atom is 0.148 e. The highest BCUT2D eigenvalue weighted by Gasteiger charge is 2.01. The fourth-order valence-corrected chi connectivity index (χ4v) is 1.72. The van der Waals surface area contributed by atoms with Gasteiger partial charge in [0.25, 0.3) is 0 Å². The number of nitrogens with zero attached hydrogens (tertiary/aromatic N) is 2. The highest BCUT2D eigenvalue weighted by Crippen LogP contribution is 2.20. The van der Waals surface area contributed by atoms with Crippen LogP contribution < -0.4 is 10.1 Å². The van der Waals surface area contributed by atoms with Crippen molar-refractivity contribution in [3.05, 3.63) is 36.4 Å². The van der Waals surface area contributed by atoms with Crippen molar-refractivity contribution >= 4 is 5.82 Å². The molecule has 0 spiro atoms. The van der Waals surface area contributed by atoms with Gasteiger partial charge in [-0.05, 0) is 49.7 Å². The van der Waals surface area contributed by atoms with Gasteiger partial charge in [0.05, 0.1) is 12.3 Å². The van der Waals surface area contributed by atoms with E-state index in [0.717, 1.165) is 35.8 Å². The molecule has 1 N–H and O–H groups in total. The third-order valence-corrected chi connectivity index (χ3v) is 2.68. The molecule has 0 aliphatic rings. The molecule has 0 aliphatic heterocycles. The number of rotatable bonds is 6. The third kappa shape index (κ3) is 3.68. The van der Waals surface area contributed by atoms with E-state index in [2.05, 4.69) is 22.4 Å². The van der Waals surface area contributed by atoms with Gasteiger partial charge in [0, 0.05) is 12.1 Å². The highest BCUT2D eigenvalue weighted by atomic mass is 16.5. The van der Waals surface area contributed by atoms with Crippen LogP contribution in [0.2, 0.25) is 0 Å². The Morgan fingerprint density at radius 3 is 2.37 bits per heavy atom. The van der Waals surface area contributed by atoms with E-state index in [9.17, 15) is 0 Å². The second-order valence-electron chi connectivity index (χ2n) is 4.19. The van der Waals surface area contributed by atoms with Crippen molar-refractivity contribution in [2.24, 2.45) is 0 Å². The molecule has 0 radical (unpaired) electrons. The Morgan fingerprint density at radius 2 is 1.79 bits per heavy atom. The molecule has 1 aromatic heterocycles. The smallest absolute Gasteiger partial charge is 0.148 e. The summed E-state index contributed by atoms with van der Waals surface area (Å²) in [6.07, 6.45) is 1.07. The molecule has 0 saturated carbocycles. The highest BCUT2D eigenvalue weighted by molar-refractivity contribution is 5.60. The first-order valence-electron chi connectivity index (χ1n) is 6.64. The standard InChI is InChI=1S/C15H19N3O/c1-3-11-16-15-10-9-14(17-18-15)12-5-7-13(8-6-12)19-4-2/h5-10H,3-4,11H2,1-2H3,(H,16,18). The second kappa shape index (κ2) is 6.73. The molecule has 0 unspecified atom stereocenters. The van der Waals surface area contributed by atoms with E-state index in [1.165, 1.54) is 0 Å². The summed E-state index contributed by atoms with van der Waals surface area (Å²) < 4.78 is 5.41. The van der Waals surface area contributed by atoms with Gasteiger partial charge in [-0.3, -0.25) is 0 Å². The Morgan fingerprint density at radius 1 is 1.00 bits per heavy atom. The number of nitrogens with one attached hydrogen (secondary N) is 1. The average Bonchev–Trinajstić information content (AvgIpc) is 2.47. The molecule has 4 heteroatoms. The molecule has 2 aromatic rings. The Bertz CT molecular complexity index is 494. The minimum atomic E-state index is 0.678. The zero-order chi connectivity index (χ0) is 13.5. The molecule has 0 aliphatic carbocycles. The molecule has 1 aromatic carbocycles. The lowest BCUT2D eigenvalue weighted by Crippen LogP contribution is -2.02. The summed E-state index contributed by atoms with van der Waals surface area (Å²) in [5, 5.41) is 11.6. The van der Waals surface area contributed by atoms with Gasteiger partial charge in [0.1, 0.15) is 11.6 Å². The second-order valence-corrected chi connectivity index (χ2v) is 4.19. The van der Waals surface area contributed by atoms with Crippen LogP contribution >= 0.6 is 0 Å². The van der Waals surface area contributed by atoms with E-state index in [1.807, 2.05) is 43.3 Å². The SMILES string of the molecule is CCCNc1ccc(-c2ccc(OCC)cc2)nn1. The zero-order valence-corrected chi connectivity index (χ0v) is 11.4. The van der Waals surface area contributed by atoms with Crippen LogP contribution in [0.3, 0.4) is 0 Å². The molecule has 0 saturated heterocycles. The predicted molar refractivity (Wildman–Crippen MR) is 77.4 cm³/mol. The largest absolute Gasteiger partial charge is 0.494 e. The molecule has 19 heavy (non-hydrogen) atoms. The monoisotopic (exact) mass is 257 g/mol. The van der Waals surface area contributed by atoms with Gasteiger partial charge in [-0.25, -0.2) is 0 Å². The number of aromatic nitrogens is 2. The van der Waals surface area contributed by atoms with Crippen molar-refractivity contribution in [3.8, 4) is 17.0 Å². The number of ether oxygens (including phenoxy) is 1. The fraction of sp³-hybridized carbons (Fsp3) is 0.333. The van der Waals surface area contributed by atoms with E-state index in [4.69, 9.17) is 4.74 Å². The van der Waals surface area contributed by atoms with Crippen LogP contribution in [0.15, 0.2) is 36.4 Å². The Kier molecular flexibility index (Phi) is 4.72. The van der Waals surface area contributed by atoms with Crippen LogP contribution in [0.4, 0.5) is 5.82 Å². The van der Waals surface area contributed by atoms with E-state index in [0.29, 0.717) is 6.61 Å². The lowest BCUT2D eigenvalue weighted by molar-refractivity contribution is 0.340. The van der Waals surface area contributed by atoms with Gasteiger partial charge in [-0.2, -0.15) is 0 Å². The maximum atomic E-state index is 5.41. The molecule has 0 atom stereocenters. The minimum Gasteiger partial charge on any atom is -0.494 e. The van der Waals surface area contributed by atoms with Crippen LogP contribution in [0, 0.1) is 0 Å². The number of anilines is 1. The molecular weight excluding hydrogens is 238 g/mol. The summed E-state index contributed by atoms with van der Waals surface area (Å²) in [6.45, 7) is 5.68. The van der Waals surface area contributed by atoms with Crippen molar-refractivity contribution in [3.63, 3.8) is 0 Å². The average molecular weight is 257 g/mol. The van der Waals surface area contributed by atoms with Crippen molar-refractivity contribution in [2.75, 3.05) is 18.5 Å². The lowest BCUT2D eigenvalue weighted by atomic mass is 10.1. The zero-order valence-electron chi connectivity index (χ0n) is 11.4. The van der Waals surface area contributed by atoms with Crippen molar-refractivity contribution in [1.29, 1.82) is 0 Å². The summed E-state index contributed by atoms with van der Waals surface area (Å²) in [5.41, 5.74) is 1.91. The van der Waals surface area contributed by atoms with Crippen LogP contribution in [-0.4, -0.2) is 23.3 Å². The van der Waals surface area contributed by atoms with Crippen LogP contribution in [0.5, 0.6) is 5.75 Å². The third-order valence-electron chi connectivity index (χ3n) is 2.68. The van der Waals surface area contributed by atoms with Crippen molar-refractivity contribution in [1.82, 2.24) is 10.2 Å². The van der Waals surface area contributed by atoms with E-state index < -0.39 is 0 Å². The van der Waals surface area contributed by atoms with Gasteiger partial charge >= 0.3 is 0 Å². The summed E-state index contributed by atoms with van der Waals surface area (Å²) in [5.74, 6) is 1.69. The molecular formula is C15H19N3O. The lowest BCUT2D eigenvalue weighted by Gasteiger charge is -2.06. The van der Waals surface area contributed by atoms with Crippen molar-refractivity contribution < 1.29 is 4.74 Å². The van der Waals surface area contributed by atoms with Gasteiger partial charge in [-0.15, -0.1) is 10.2 Å². The normalized spacial score (nSPS) is 10.2. The molecule has 0 bridgehead atoms. The Labute approximate surface area is 113 Å². The number of hydrogen-bond acceptors (Lipinski definition) is 4. The van der Waals surface area contributed by atoms with E-state index >= 15 is 0 Å². The maximum absolute atomic E-state index is 5.41. The van der Waals surface area contributed by atoms with Crippen LogP contribution in [-0.2, 0) is 0 Å². The number of hydrogen-bond donors (Lipinski definition) is 1. The molecule has 4 nitrogen and oxygen atoms in total. The van der Waals surface area contributed by atoms with E-state index in [-0.39, 0.29) is 0 Å². The van der Waals surface area contributed by atoms with Crippen LogP contribution in [0.25, 0.3) is 11.3 Å². The van der Waals surface area contributed by atoms with E-state index in [1.54, 1.807) is 0 Å². The molecule has 0 fully saturated rings. The van der Waals surface area contributed by atoms with Crippen molar-refractivity contribution in [2.45, 2.75) is 20.3 Å². The summed E-state index contributed by atoms with van der Waals surface area (Å²) >= 11 is 0. The number of benzene rings is 1. The minimum absolute atomic E-state index is 0.678. The first-order valence-corrected chi connectivity index (χ1v) is 6.64. The van der Waals surface area contributed by atoms with Gasteiger partial charge < -0.3 is 10.1 Å². The van der Waals surface area contributed by atoms with Gasteiger partial charge in [-0.1, -0.05) is 6.92 Å². The molecule has 100 valence electrons. The Hall–Kier alpha value is -2.10. The Balaban J connectivity index is 2.08. The van der Waals surface area contributed by atoms with Gasteiger partial charge in [0.15, 0.2) is 0 Å². The summed E-state index contributed by atoms with van der Waals surface area (Å²) in [6, 6.07) is 11.8. The summed E-state index contributed by atoms with van der Waals surface area (Å²) in [4.78, 5) is 0. The first kappa shape index (κ1) is 13.3. The first-order chi connectivity index (χ1) is 9.33. The quantitative estimate of drug-likeness (QED) is 0.862. The molecule has 2 rings (SSSR count). The summed E-state index contributed by atoms with van der Waals surface area (Å²) in [7, 11) is 0. The topological polar surface area (TPSA) is 47.0 Å². The van der Waals surface area contributed by atoms with Crippen LogP contribution in [0.1, 0.15) is 20.3 Å². The molecule has 1 heterocycles. The predicted octanol–water partition coefficient (Wildman–Crippen LogP) is 3.36. The fourth-order valence-electron chi connectivity index (χ4n) is 1.72. The van der Waals surface area contributed by atoms with Gasteiger partial charge in [0.2, 0.25) is 0 Å².